The summed E-state index contributed by atoms with van der Waals surface area (Å²) in [6.45, 7) is 2.89. The zero-order valence-corrected chi connectivity index (χ0v) is 22.3. The summed E-state index contributed by atoms with van der Waals surface area (Å²) in [5.41, 5.74) is 3.45. The fraction of sp³-hybridized carbons (Fsp3) is 0.346. The van der Waals surface area contributed by atoms with Gasteiger partial charge in [-0.05, 0) is 44.3 Å². The van der Waals surface area contributed by atoms with Gasteiger partial charge in [-0.3, -0.25) is 10.0 Å². The molecule has 1 saturated heterocycles. The van der Waals surface area contributed by atoms with Crippen LogP contribution in [0.15, 0.2) is 65.8 Å². The molecule has 0 spiro atoms. The van der Waals surface area contributed by atoms with Crippen LogP contribution in [0.25, 0.3) is 11.1 Å². The van der Waals surface area contributed by atoms with Gasteiger partial charge in [0.25, 0.3) is 5.91 Å². The Balaban J connectivity index is 1.40. The van der Waals surface area contributed by atoms with Gasteiger partial charge in [-0.25, -0.2) is 23.9 Å². The number of benzene rings is 2. The van der Waals surface area contributed by atoms with E-state index in [2.05, 4.69) is 14.9 Å². The van der Waals surface area contributed by atoms with Gasteiger partial charge in [0, 0.05) is 50.7 Å². The van der Waals surface area contributed by atoms with Crippen LogP contribution in [0.2, 0.25) is 0 Å². The lowest BCUT2D eigenvalue weighted by molar-refractivity contribution is 0.0705. The van der Waals surface area contributed by atoms with Crippen molar-refractivity contribution in [2.75, 3.05) is 58.3 Å². The van der Waals surface area contributed by atoms with Gasteiger partial charge in [-0.15, -0.1) is 0 Å². The average molecular weight is 541 g/mol. The average Bonchev–Trinajstić information content (AvgIpc) is 2.95. The summed E-state index contributed by atoms with van der Waals surface area (Å²) in [6.07, 6.45) is 3.53. The third-order valence-electron chi connectivity index (χ3n) is 6.22. The summed E-state index contributed by atoms with van der Waals surface area (Å²) in [5, 5.41) is 8.71. The number of piperazine rings is 1. The van der Waals surface area contributed by atoms with E-state index >= 15 is 0 Å². The molecule has 202 valence electrons. The van der Waals surface area contributed by atoms with Gasteiger partial charge in [-0.2, -0.15) is 4.31 Å². The molecule has 1 fully saturated rings. The number of amides is 1. The molecule has 2 aromatic carbocycles. The molecule has 38 heavy (non-hydrogen) atoms. The fourth-order valence-electron chi connectivity index (χ4n) is 4.14. The van der Waals surface area contributed by atoms with E-state index in [1.807, 2.05) is 55.4 Å². The highest BCUT2D eigenvalue weighted by molar-refractivity contribution is 7.89. The highest BCUT2D eigenvalue weighted by Crippen LogP contribution is 2.31. The molecule has 12 heteroatoms. The first kappa shape index (κ1) is 27.5. The van der Waals surface area contributed by atoms with E-state index in [0.717, 1.165) is 29.8 Å². The third-order valence-corrected chi connectivity index (χ3v) is 8.13. The topological polar surface area (TPSA) is 128 Å². The number of carbonyl (C=O) groups is 1. The first-order valence-corrected chi connectivity index (χ1v) is 13.7. The van der Waals surface area contributed by atoms with Crippen LogP contribution in [0.5, 0.6) is 5.75 Å². The number of hydrogen-bond donors (Lipinski definition) is 2. The van der Waals surface area contributed by atoms with E-state index in [1.54, 1.807) is 12.1 Å². The molecular weight excluding hydrogens is 508 g/mol. The second kappa shape index (κ2) is 12.3. The first-order valence-electron chi connectivity index (χ1n) is 12.3. The quantitative estimate of drug-likeness (QED) is 0.226. The summed E-state index contributed by atoms with van der Waals surface area (Å²) in [5.74, 6) is 0.461. The second-order valence-electron chi connectivity index (χ2n) is 9.13. The van der Waals surface area contributed by atoms with Crippen molar-refractivity contribution in [3.63, 3.8) is 0 Å². The smallest absolute Gasteiger partial charge is 0.277 e. The van der Waals surface area contributed by atoms with Gasteiger partial charge < -0.3 is 14.5 Å². The maximum absolute atomic E-state index is 13.3. The number of hydrogen-bond acceptors (Lipinski definition) is 9. The van der Waals surface area contributed by atoms with E-state index < -0.39 is 15.9 Å². The van der Waals surface area contributed by atoms with Crippen LogP contribution in [0.4, 0.5) is 5.95 Å². The van der Waals surface area contributed by atoms with Crippen molar-refractivity contribution in [3.05, 3.63) is 66.5 Å². The Morgan fingerprint density at radius 3 is 2.32 bits per heavy atom. The number of rotatable bonds is 10. The highest BCUT2D eigenvalue weighted by atomic mass is 32.2. The van der Waals surface area contributed by atoms with Crippen molar-refractivity contribution < 1.29 is 23.2 Å². The van der Waals surface area contributed by atoms with Crippen molar-refractivity contribution in [3.8, 4) is 16.9 Å². The number of nitrogens with one attached hydrogen (secondary N) is 1. The number of carbonyl (C=O) groups excluding carboxylic acids is 1. The van der Waals surface area contributed by atoms with Crippen LogP contribution in [-0.2, 0) is 10.0 Å². The molecule has 0 bridgehead atoms. The molecule has 0 unspecified atom stereocenters. The molecule has 1 aliphatic heterocycles. The molecular formula is C26H32N6O5S. The van der Waals surface area contributed by atoms with Crippen LogP contribution < -0.4 is 15.1 Å². The Morgan fingerprint density at radius 1 is 1.03 bits per heavy atom. The lowest BCUT2D eigenvalue weighted by atomic mass is 10.0. The van der Waals surface area contributed by atoms with Crippen molar-refractivity contribution in [2.45, 2.75) is 11.3 Å². The lowest BCUT2D eigenvalue weighted by Gasteiger charge is -2.34. The van der Waals surface area contributed by atoms with Gasteiger partial charge >= 0.3 is 0 Å². The number of aromatic nitrogens is 2. The molecule has 3 aromatic rings. The number of hydroxylamine groups is 1. The predicted octanol–water partition coefficient (Wildman–Crippen LogP) is 2.10. The number of nitrogens with zero attached hydrogens (tertiary/aromatic N) is 5. The van der Waals surface area contributed by atoms with E-state index in [0.29, 0.717) is 25.6 Å². The van der Waals surface area contributed by atoms with Crippen molar-refractivity contribution >= 4 is 21.9 Å². The van der Waals surface area contributed by atoms with E-state index in [4.69, 9.17) is 9.94 Å². The molecule has 11 nitrogen and oxygen atoms in total. The van der Waals surface area contributed by atoms with Gasteiger partial charge in [-0.1, -0.05) is 30.3 Å². The normalized spacial score (nSPS) is 14.5. The number of ether oxygens (including phenoxy) is 1. The highest BCUT2D eigenvalue weighted by Gasteiger charge is 2.29. The molecule has 0 atom stereocenters. The van der Waals surface area contributed by atoms with Crippen LogP contribution in [0.1, 0.15) is 16.8 Å². The maximum atomic E-state index is 13.3. The van der Waals surface area contributed by atoms with Gasteiger partial charge in [0.05, 0.1) is 17.1 Å². The summed E-state index contributed by atoms with van der Waals surface area (Å²) >= 11 is 0. The molecule has 0 aliphatic carbocycles. The minimum absolute atomic E-state index is 0.124. The first-order chi connectivity index (χ1) is 18.3. The van der Waals surface area contributed by atoms with E-state index in [9.17, 15) is 13.2 Å². The molecule has 1 amide bonds. The summed E-state index contributed by atoms with van der Waals surface area (Å²) in [4.78, 5) is 24.0. The Labute approximate surface area is 222 Å². The molecule has 1 aliphatic rings. The number of para-hydroxylation sites is 1. The Bertz CT molecular complexity index is 1320. The summed E-state index contributed by atoms with van der Waals surface area (Å²) in [6, 6.07) is 14.6. The largest absolute Gasteiger partial charge is 0.493 e. The molecule has 0 saturated carbocycles. The Morgan fingerprint density at radius 2 is 1.68 bits per heavy atom. The maximum Gasteiger partial charge on any atom is 0.277 e. The van der Waals surface area contributed by atoms with Gasteiger partial charge in [0.1, 0.15) is 5.75 Å². The predicted molar refractivity (Wildman–Crippen MR) is 143 cm³/mol. The monoisotopic (exact) mass is 540 g/mol. The van der Waals surface area contributed by atoms with Crippen LogP contribution in [-0.4, -0.2) is 92.1 Å². The minimum Gasteiger partial charge on any atom is -0.493 e. The summed E-state index contributed by atoms with van der Waals surface area (Å²) in [7, 11) is 0.379. The third kappa shape index (κ3) is 6.45. The fourth-order valence-corrected chi connectivity index (χ4v) is 5.57. The van der Waals surface area contributed by atoms with Crippen molar-refractivity contribution in [1.82, 2.24) is 24.7 Å². The van der Waals surface area contributed by atoms with Gasteiger partial charge in [0.2, 0.25) is 16.0 Å². The van der Waals surface area contributed by atoms with Crippen LogP contribution in [0.3, 0.4) is 0 Å². The minimum atomic E-state index is -3.67. The lowest BCUT2D eigenvalue weighted by Crippen LogP contribution is -2.49. The Hall–Kier alpha value is -3.58. The summed E-state index contributed by atoms with van der Waals surface area (Å²) < 4.78 is 34.1. The standard InChI is InChI=1S/C26H32N6O5S/c1-30(2)12-5-17-37-24-7-4-3-6-23(24)20-8-10-22(11-9-20)38(35,36)32-15-13-31(14-16-32)26-27-18-21(19-28-26)25(33)29-34/h3-4,6-11,18-19,34H,5,12-17H2,1-2H3,(H,29,33). The Kier molecular flexibility index (Phi) is 8.89. The molecule has 4 rings (SSSR count). The molecule has 2 N–H and O–H groups in total. The van der Waals surface area contributed by atoms with Gasteiger partial charge in [0.15, 0.2) is 0 Å². The SMILES string of the molecule is CN(C)CCCOc1ccccc1-c1ccc(S(=O)(=O)N2CCN(c3ncc(C(=O)NO)cn3)CC2)cc1. The number of sulfonamides is 1. The van der Waals surface area contributed by atoms with Crippen LogP contribution in [0, 0.1) is 0 Å². The molecule has 0 radical (unpaired) electrons. The van der Waals surface area contributed by atoms with E-state index in [-0.39, 0.29) is 23.5 Å². The second-order valence-corrected chi connectivity index (χ2v) is 11.1. The number of anilines is 1. The zero-order valence-electron chi connectivity index (χ0n) is 21.4. The van der Waals surface area contributed by atoms with Crippen LogP contribution >= 0.6 is 0 Å². The van der Waals surface area contributed by atoms with Crippen molar-refractivity contribution in [1.29, 1.82) is 0 Å². The van der Waals surface area contributed by atoms with E-state index in [1.165, 1.54) is 22.2 Å². The van der Waals surface area contributed by atoms with Crippen molar-refractivity contribution in [2.24, 2.45) is 0 Å². The zero-order chi connectivity index (χ0) is 27.1. The molecule has 2 heterocycles. The molecule has 1 aromatic heterocycles.